The van der Waals surface area contributed by atoms with Crippen LogP contribution in [0.4, 0.5) is 0 Å². The summed E-state index contributed by atoms with van der Waals surface area (Å²) in [5.41, 5.74) is 1.26. The molecule has 0 aromatic heterocycles. The Balaban J connectivity index is 1.52. The van der Waals surface area contributed by atoms with E-state index in [-0.39, 0.29) is 29.1 Å². The molecule has 3 fully saturated rings. The van der Waals surface area contributed by atoms with Gasteiger partial charge in [0.15, 0.2) is 23.0 Å². The first-order valence-electron chi connectivity index (χ1n) is 14.6. The van der Waals surface area contributed by atoms with E-state index in [9.17, 15) is 20.4 Å². The molecule has 3 heterocycles. The molecule has 0 spiro atoms. The van der Waals surface area contributed by atoms with Crippen LogP contribution in [0.15, 0.2) is 12.1 Å². The van der Waals surface area contributed by atoms with Crippen molar-refractivity contribution in [2.24, 2.45) is 11.8 Å². The molecule has 5 rings (SSSR count). The van der Waals surface area contributed by atoms with E-state index in [2.05, 4.69) is 0 Å². The molecule has 256 valence electrons. The second-order valence-corrected chi connectivity index (χ2v) is 11.0. The largest absolute Gasteiger partial charge is 0.493 e. The summed E-state index contributed by atoms with van der Waals surface area (Å²) in [6.45, 7) is 0.0242. The first-order chi connectivity index (χ1) is 22.2. The number of methoxy groups -OCH3 is 7. The van der Waals surface area contributed by atoms with Crippen molar-refractivity contribution in [2.45, 2.75) is 42.9 Å². The molecule has 0 saturated carbocycles. The Morgan fingerprint density at radius 1 is 0.587 bits per heavy atom. The van der Waals surface area contributed by atoms with Crippen molar-refractivity contribution in [3.8, 4) is 46.0 Å². The summed E-state index contributed by atoms with van der Waals surface area (Å²) in [5, 5.41) is 40.8. The zero-order chi connectivity index (χ0) is 33.3. The summed E-state index contributed by atoms with van der Waals surface area (Å²) >= 11 is 0. The summed E-state index contributed by atoms with van der Waals surface area (Å²) in [6, 6.07) is 3.44. The van der Waals surface area contributed by atoms with Gasteiger partial charge in [-0.2, -0.15) is 0 Å². The molecule has 0 unspecified atom stereocenters. The van der Waals surface area contributed by atoms with Gasteiger partial charge in [-0.3, -0.25) is 0 Å². The summed E-state index contributed by atoms with van der Waals surface area (Å²) in [4.78, 5) is 0. The Labute approximate surface area is 266 Å². The van der Waals surface area contributed by atoms with Gasteiger partial charge in [-0.1, -0.05) is 0 Å². The standard InChI is InChI=1S/C31H42O15/c1-36-17-8-13(25(37-2)29(41-6)27(17)39-4)23-15-11-44-24(16(15)12-43-23)14-9-18(28(40-5)30(42-7)26(14)38-3)45-31-22(35)21(34)20(33)19(10-32)46-31/h8-9,15-16,19-24,31-35H,10-12H2,1-7H3/t15-,16-,19-,20-,21+,22-,23+,24+,31-/m1/s1. The first kappa shape index (κ1) is 33.9. The smallest absolute Gasteiger partial charge is 0.229 e. The highest BCUT2D eigenvalue weighted by atomic mass is 16.7. The van der Waals surface area contributed by atoms with E-state index in [1.165, 1.54) is 42.7 Å². The number of aliphatic hydroxyl groups is 4. The third kappa shape index (κ3) is 5.59. The lowest BCUT2D eigenvalue weighted by Crippen LogP contribution is -2.60. The van der Waals surface area contributed by atoms with Crippen LogP contribution in [0.5, 0.6) is 46.0 Å². The third-order valence-corrected chi connectivity index (χ3v) is 8.78. The summed E-state index contributed by atoms with van der Waals surface area (Å²) < 4.78 is 64.1. The second kappa shape index (κ2) is 14.1. The van der Waals surface area contributed by atoms with E-state index in [1.54, 1.807) is 13.2 Å². The van der Waals surface area contributed by atoms with Gasteiger partial charge in [-0.15, -0.1) is 0 Å². The molecule has 3 aliphatic heterocycles. The van der Waals surface area contributed by atoms with Gasteiger partial charge in [-0.25, -0.2) is 0 Å². The Hall–Kier alpha value is -3.44. The Bertz CT molecular complexity index is 1370. The summed E-state index contributed by atoms with van der Waals surface area (Å²) in [6.07, 6.45) is -8.49. The highest BCUT2D eigenvalue weighted by Crippen LogP contribution is 2.58. The summed E-state index contributed by atoms with van der Waals surface area (Å²) in [7, 11) is 10.4. The number of fused-ring (bicyclic) bond motifs is 1. The summed E-state index contributed by atoms with van der Waals surface area (Å²) in [5.74, 6) is 2.10. The van der Waals surface area contributed by atoms with E-state index in [0.29, 0.717) is 53.1 Å². The van der Waals surface area contributed by atoms with E-state index in [1.807, 2.05) is 6.07 Å². The fourth-order valence-corrected chi connectivity index (χ4v) is 6.56. The van der Waals surface area contributed by atoms with Crippen LogP contribution >= 0.6 is 0 Å². The minimum absolute atomic E-state index is 0.0771. The normalized spacial score (nSPS) is 30.4. The van der Waals surface area contributed by atoms with Crippen LogP contribution < -0.4 is 37.9 Å². The van der Waals surface area contributed by atoms with Gasteiger partial charge in [0.1, 0.15) is 24.4 Å². The molecule has 46 heavy (non-hydrogen) atoms. The highest BCUT2D eigenvalue weighted by Gasteiger charge is 2.51. The van der Waals surface area contributed by atoms with Crippen molar-refractivity contribution in [3.05, 3.63) is 23.3 Å². The lowest BCUT2D eigenvalue weighted by molar-refractivity contribution is -0.277. The van der Waals surface area contributed by atoms with Crippen molar-refractivity contribution in [1.29, 1.82) is 0 Å². The van der Waals surface area contributed by atoms with Crippen LogP contribution in [0.2, 0.25) is 0 Å². The third-order valence-electron chi connectivity index (χ3n) is 8.78. The maximum atomic E-state index is 10.6. The van der Waals surface area contributed by atoms with Crippen LogP contribution in [0.1, 0.15) is 23.3 Å². The number of rotatable bonds is 12. The van der Waals surface area contributed by atoms with Crippen molar-refractivity contribution < 1.29 is 72.5 Å². The van der Waals surface area contributed by atoms with Crippen molar-refractivity contribution in [2.75, 3.05) is 69.6 Å². The molecule has 9 atom stereocenters. The lowest BCUT2D eigenvalue weighted by Gasteiger charge is -2.39. The fraction of sp³-hybridized carbons (Fsp3) is 0.613. The van der Waals surface area contributed by atoms with Crippen LogP contribution in [0.25, 0.3) is 0 Å². The molecule has 0 radical (unpaired) electrons. The van der Waals surface area contributed by atoms with Crippen LogP contribution in [-0.2, 0) is 14.2 Å². The number of aliphatic hydroxyl groups excluding tert-OH is 4. The maximum absolute atomic E-state index is 10.6. The average Bonchev–Trinajstić information content (AvgIpc) is 3.69. The zero-order valence-corrected chi connectivity index (χ0v) is 26.8. The molecule has 0 amide bonds. The molecular formula is C31H42O15. The van der Waals surface area contributed by atoms with Gasteiger partial charge >= 0.3 is 0 Å². The van der Waals surface area contributed by atoms with Crippen LogP contribution in [0.3, 0.4) is 0 Å². The quantitative estimate of drug-likeness (QED) is 0.254. The van der Waals surface area contributed by atoms with E-state index >= 15 is 0 Å². The van der Waals surface area contributed by atoms with Gasteiger partial charge in [-0.05, 0) is 12.1 Å². The maximum Gasteiger partial charge on any atom is 0.229 e. The van der Waals surface area contributed by atoms with Gasteiger partial charge in [0, 0.05) is 23.0 Å². The monoisotopic (exact) mass is 654 g/mol. The van der Waals surface area contributed by atoms with E-state index < -0.39 is 49.5 Å². The SMILES string of the molecule is COc1cc([C@@H]2OC[C@@H]3[C@H]2CO[C@H]3c2cc(O[C@@H]3O[C@H](CO)[C@@H](O)[C@H](O)[C@H]3O)c(OC)c(OC)c2OC)c(OC)c(OC)c1OC. The fourth-order valence-electron chi connectivity index (χ4n) is 6.56. The average molecular weight is 655 g/mol. The Morgan fingerprint density at radius 3 is 1.48 bits per heavy atom. The van der Waals surface area contributed by atoms with Crippen LogP contribution in [0, 0.1) is 11.8 Å². The Kier molecular flexibility index (Phi) is 10.4. The van der Waals surface area contributed by atoms with Crippen LogP contribution in [-0.4, -0.2) is 121 Å². The lowest BCUT2D eigenvalue weighted by atomic mass is 9.84. The van der Waals surface area contributed by atoms with E-state index in [0.717, 1.165) is 0 Å². The molecule has 0 aliphatic carbocycles. The predicted octanol–water partition coefficient (Wildman–Crippen LogP) is 1.00. The zero-order valence-electron chi connectivity index (χ0n) is 26.8. The molecule has 2 aromatic rings. The van der Waals surface area contributed by atoms with Gasteiger partial charge in [0.2, 0.25) is 29.3 Å². The molecule has 4 N–H and O–H groups in total. The number of benzene rings is 2. The molecule has 3 saturated heterocycles. The van der Waals surface area contributed by atoms with Crippen molar-refractivity contribution in [1.82, 2.24) is 0 Å². The number of ether oxygens (including phenoxy) is 11. The molecule has 2 aromatic carbocycles. The van der Waals surface area contributed by atoms with Gasteiger partial charge < -0.3 is 72.5 Å². The first-order valence-corrected chi connectivity index (χ1v) is 14.6. The molecule has 15 heteroatoms. The topological polar surface area (TPSA) is 182 Å². The molecule has 0 bridgehead atoms. The van der Waals surface area contributed by atoms with E-state index in [4.69, 9.17) is 52.1 Å². The van der Waals surface area contributed by atoms with Gasteiger partial charge in [0.25, 0.3) is 0 Å². The minimum atomic E-state index is -1.65. The molecule has 3 aliphatic rings. The minimum Gasteiger partial charge on any atom is -0.493 e. The van der Waals surface area contributed by atoms with Crippen molar-refractivity contribution in [3.63, 3.8) is 0 Å². The van der Waals surface area contributed by atoms with Crippen molar-refractivity contribution >= 4 is 0 Å². The Morgan fingerprint density at radius 2 is 1.04 bits per heavy atom. The highest BCUT2D eigenvalue weighted by molar-refractivity contribution is 5.65. The van der Waals surface area contributed by atoms with Gasteiger partial charge in [0.05, 0.1) is 81.8 Å². The number of hydrogen-bond donors (Lipinski definition) is 4. The molecular weight excluding hydrogens is 612 g/mol. The second-order valence-electron chi connectivity index (χ2n) is 11.0. The molecule has 15 nitrogen and oxygen atoms in total. The predicted molar refractivity (Wildman–Crippen MR) is 158 cm³/mol. The number of hydrogen-bond acceptors (Lipinski definition) is 15.